The molecule has 2 aliphatic heterocycles. The zero-order valence-corrected chi connectivity index (χ0v) is 11.8. The fraction of sp³-hybridized carbons (Fsp3) is 1.00. The summed E-state index contributed by atoms with van der Waals surface area (Å²) >= 11 is 0. The first-order valence-electron chi connectivity index (χ1n) is 7.34. The largest absolute Gasteiger partial charge is 0.316 e. The van der Waals surface area contributed by atoms with Crippen LogP contribution in [0.5, 0.6) is 0 Å². The van der Waals surface area contributed by atoms with E-state index in [9.17, 15) is 8.42 Å². The van der Waals surface area contributed by atoms with Crippen LogP contribution in [0.25, 0.3) is 0 Å². The van der Waals surface area contributed by atoms with E-state index in [1.54, 1.807) is 4.31 Å². The van der Waals surface area contributed by atoms with Crippen molar-refractivity contribution >= 4 is 10.0 Å². The van der Waals surface area contributed by atoms with Crippen LogP contribution in [0, 0.1) is 17.8 Å². The predicted molar refractivity (Wildman–Crippen MR) is 71.8 cm³/mol. The minimum atomic E-state index is -2.99. The van der Waals surface area contributed by atoms with Gasteiger partial charge in [0.05, 0.1) is 5.75 Å². The molecule has 0 radical (unpaired) electrons. The van der Waals surface area contributed by atoms with Crippen LogP contribution in [0.3, 0.4) is 0 Å². The quantitative estimate of drug-likeness (QED) is 0.832. The molecule has 1 aliphatic carbocycles. The Morgan fingerprint density at radius 3 is 2.61 bits per heavy atom. The van der Waals surface area contributed by atoms with Gasteiger partial charge >= 0.3 is 0 Å². The molecule has 0 bridgehead atoms. The number of sulfonamides is 1. The first kappa shape index (κ1) is 12.9. The maximum atomic E-state index is 12.3. The Morgan fingerprint density at radius 1 is 1.11 bits per heavy atom. The third-order valence-electron chi connectivity index (χ3n) is 5.07. The number of hydrogen-bond donors (Lipinski definition) is 1. The number of rotatable bonds is 4. The van der Waals surface area contributed by atoms with Crippen LogP contribution in [-0.4, -0.2) is 44.7 Å². The van der Waals surface area contributed by atoms with Gasteiger partial charge in [0.15, 0.2) is 0 Å². The van der Waals surface area contributed by atoms with Crippen molar-refractivity contribution in [2.75, 3.05) is 31.9 Å². The lowest BCUT2D eigenvalue weighted by atomic mass is 9.84. The van der Waals surface area contributed by atoms with Crippen LogP contribution in [0.2, 0.25) is 0 Å². The van der Waals surface area contributed by atoms with Crippen molar-refractivity contribution in [1.29, 1.82) is 0 Å². The molecule has 4 nitrogen and oxygen atoms in total. The van der Waals surface area contributed by atoms with Crippen molar-refractivity contribution in [1.82, 2.24) is 9.62 Å². The molecule has 2 saturated heterocycles. The molecule has 104 valence electrons. The van der Waals surface area contributed by atoms with Gasteiger partial charge in [0, 0.05) is 13.1 Å². The van der Waals surface area contributed by atoms with Crippen LogP contribution in [-0.2, 0) is 10.0 Å². The molecule has 18 heavy (non-hydrogen) atoms. The molecule has 3 fully saturated rings. The molecule has 0 aromatic carbocycles. The minimum Gasteiger partial charge on any atom is -0.316 e. The van der Waals surface area contributed by atoms with E-state index in [0.29, 0.717) is 23.5 Å². The summed E-state index contributed by atoms with van der Waals surface area (Å²) in [7, 11) is -2.99. The van der Waals surface area contributed by atoms with Gasteiger partial charge in [-0.05, 0) is 43.7 Å². The summed E-state index contributed by atoms with van der Waals surface area (Å²) in [5.41, 5.74) is 0. The smallest absolute Gasteiger partial charge is 0.214 e. The zero-order valence-electron chi connectivity index (χ0n) is 11.0. The highest BCUT2D eigenvalue weighted by Gasteiger charge is 2.37. The normalized spacial score (nSPS) is 34.2. The molecule has 0 spiro atoms. The van der Waals surface area contributed by atoms with E-state index in [-0.39, 0.29) is 0 Å². The van der Waals surface area contributed by atoms with Crippen LogP contribution in [0.1, 0.15) is 32.1 Å². The molecular formula is C13H24N2O2S. The average Bonchev–Trinajstić information content (AvgIpc) is 2.73. The molecular weight excluding hydrogens is 248 g/mol. The lowest BCUT2D eigenvalue weighted by molar-refractivity contribution is 0.226. The summed E-state index contributed by atoms with van der Waals surface area (Å²) in [5, 5.41) is 3.38. The molecule has 0 amide bonds. The van der Waals surface area contributed by atoms with Gasteiger partial charge in [-0.15, -0.1) is 0 Å². The summed E-state index contributed by atoms with van der Waals surface area (Å²) in [5.74, 6) is 2.33. The van der Waals surface area contributed by atoms with Gasteiger partial charge in [-0.2, -0.15) is 0 Å². The number of piperidine rings is 1. The fourth-order valence-electron chi connectivity index (χ4n) is 3.48. The third-order valence-corrected chi connectivity index (χ3v) is 6.94. The van der Waals surface area contributed by atoms with Crippen LogP contribution < -0.4 is 5.32 Å². The van der Waals surface area contributed by atoms with Crippen LogP contribution in [0.4, 0.5) is 0 Å². The van der Waals surface area contributed by atoms with E-state index < -0.39 is 10.0 Å². The molecule has 1 saturated carbocycles. The topological polar surface area (TPSA) is 49.4 Å². The van der Waals surface area contributed by atoms with E-state index in [1.807, 2.05) is 0 Å². The molecule has 0 aromatic rings. The number of nitrogens with zero attached hydrogens (tertiary/aromatic N) is 1. The first-order valence-corrected chi connectivity index (χ1v) is 8.94. The zero-order chi connectivity index (χ0) is 12.6. The molecule has 3 aliphatic rings. The van der Waals surface area contributed by atoms with E-state index in [2.05, 4.69) is 5.32 Å². The molecule has 3 rings (SSSR count). The van der Waals surface area contributed by atoms with E-state index in [0.717, 1.165) is 39.0 Å². The lowest BCUT2D eigenvalue weighted by Gasteiger charge is -2.34. The van der Waals surface area contributed by atoms with Crippen molar-refractivity contribution < 1.29 is 8.42 Å². The second kappa shape index (κ2) is 5.10. The van der Waals surface area contributed by atoms with Crippen LogP contribution in [0.15, 0.2) is 0 Å². The first-order chi connectivity index (χ1) is 8.65. The molecule has 2 atom stereocenters. The Balaban J connectivity index is 1.55. The highest BCUT2D eigenvalue weighted by molar-refractivity contribution is 7.89. The second-order valence-electron chi connectivity index (χ2n) is 6.23. The number of nitrogens with one attached hydrogen (secondary N) is 1. The van der Waals surface area contributed by atoms with Crippen molar-refractivity contribution in [3.63, 3.8) is 0 Å². The van der Waals surface area contributed by atoms with E-state index in [1.165, 1.54) is 19.3 Å². The van der Waals surface area contributed by atoms with Crippen molar-refractivity contribution in [2.45, 2.75) is 32.1 Å². The highest BCUT2D eigenvalue weighted by atomic mass is 32.2. The molecule has 2 unspecified atom stereocenters. The summed E-state index contributed by atoms with van der Waals surface area (Å²) in [6.07, 6.45) is 5.70. The minimum absolute atomic E-state index is 0.377. The average molecular weight is 272 g/mol. The SMILES string of the molecule is O=S(=O)(CCC1CCC1)N1CCC2CNCC2C1. The Labute approximate surface area is 110 Å². The van der Waals surface area contributed by atoms with E-state index >= 15 is 0 Å². The molecule has 0 aromatic heterocycles. The highest BCUT2D eigenvalue weighted by Crippen LogP contribution is 2.31. The van der Waals surface area contributed by atoms with Gasteiger partial charge < -0.3 is 5.32 Å². The summed E-state index contributed by atoms with van der Waals surface area (Å²) < 4.78 is 26.4. The monoisotopic (exact) mass is 272 g/mol. The van der Waals surface area contributed by atoms with Gasteiger partial charge in [0.1, 0.15) is 0 Å². The Hall–Kier alpha value is -0.130. The fourth-order valence-corrected chi connectivity index (χ4v) is 5.17. The van der Waals surface area contributed by atoms with Crippen molar-refractivity contribution in [2.24, 2.45) is 17.8 Å². The maximum absolute atomic E-state index is 12.3. The predicted octanol–water partition coefficient (Wildman–Crippen LogP) is 1.05. The Bertz CT molecular complexity index is 392. The lowest BCUT2D eigenvalue weighted by Crippen LogP contribution is -2.44. The standard InChI is InChI=1S/C13H24N2O2S/c16-18(17,7-5-11-2-1-3-11)15-6-4-12-8-14-9-13(12)10-15/h11-14H,1-10H2. The number of fused-ring (bicyclic) bond motifs is 1. The molecule has 2 heterocycles. The van der Waals surface area contributed by atoms with Gasteiger partial charge in [-0.25, -0.2) is 12.7 Å². The van der Waals surface area contributed by atoms with Gasteiger partial charge in [0.25, 0.3) is 0 Å². The second-order valence-corrected chi connectivity index (χ2v) is 8.32. The molecule has 5 heteroatoms. The maximum Gasteiger partial charge on any atom is 0.214 e. The summed E-state index contributed by atoms with van der Waals surface area (Å²) in [4.78, 5) is 0. The van der Waals surface area contributed by atoms with Crippen molar-refractivity contribution in [3.8, 4) is 0 Å². The third kappa shape index (κ3) is 2.58. The molecule has 1 N–H and O–H groups in total. The Morgan fingerprint density at radius 2 is 1.89 bits per heavy atom. The van der Waals surface area contributed by atoms with Crippen LogP contribution >= 0.6 is 0 Å². The van der Waals surface area contributed by atoms with Gasteiger partial charge in [0.2, 0.25) is 10.0 Å². The summed E-state index contributed by atoms with van der Waals surface area (Å²) in [6.45, 7) is 3.58. The Kier molecular flexibility index (Phi) is 3.65. The van der Waals surface area contributed by atoms with Gasteiger partial charge in [-0.1, -0.05) is 19.3 Å². The number of hydrogen-bond acceptors (Lipinski definition) is 3. The van der Waals surface area contributed by atoms with Crippen molar-refractivity contribution in [3.05, 3.63) is 0 Å². The van der Waals surface area contributed by atoms with E-state index in [4.69, 9.17) is 0 Å². The van der Waals surface area contributed by atoms with Gasteiger partial charge in [-0.3, -0.25) is 0 Å². The summed E-state index contributed by atoms with van der Waals surface area (Å²) in [6, 6.07) is 0.